The fourth-order valence-corrected chi connectivity index (χ4v) is 3.63. The van der Waals surface area contributed by atoms with Gasteiger partial charge in [0.25, 0.3) is 0 Å². The Labute approximate surface area is 171 Å². The van der Waals surface area contributed by atoms with E-state index >= 15 is 0 Å². The molecule has 7 heteroatoms. The number of hydrogen-bond acceptors (Lipinski definition) is 2. The summed E-state index contributed by atoms with van der Waals surface area (Å²) in [4.78, 5) is 19.9. The number of hydrogen-bond donors (Lipinski definition) is 3. The van der Waals surface area contributed by atoms with Gasteiger partial charge in [0.15, 0.2) is 0 Å². The zero-order valence-electron chi connectivity index (χ0n) is 15.9. The summed E-state index contributed by atoms with van der Waals surface area (Å²) in [5.41, 5.74) is 4.25. The number of aromatic nitrogens is 3. The predicted octanol–water partition coefficient (Wildman–Crippen LogP) is 5.35. The van der Waals surface area contributed by atoms with Crippen LogP contribution in [0.5, 0.6) is 0 Å². The molecule has 5 aromatic rings. The number of carbonyl (C=O) groups excluding carboxylic acids is 1. The van der Waals surface area contributed by atoms with Gasteiger partial charge in [-0.05, 0) is 60.2 Å². The number of aromatic amines is 1. The monoisotopic (exact) mass is 399 g/mol. The highest BCUT2D eigenvalue weighted by atomic mass is 19.1. The van der Waals surface area contributed by atoms with Crippen LogP contribution < -0.4 is 10.6 Å². The largest absolute Gasteiger partial charge is 0.346 e. The Balaban J connectivity index is 1.40. The third kappa shape index (κ3) is 3.37. The summed E-state index contributed by atoms with van der Waals surface area (Å²) in [6, 6.07) is 17.1. The Morgan fingerprint density at radius 1 is 1.00 bits per heavy atom. The van der Waals surface area contributed by atoms with Crippen LogP contribution >= 0.6 is 0 Å². The topological polar surface area (TPSA) is 74.7 Å². The van der Waals surface area contributed by atoms with Gasteiger partial charge in [0.1, 0.15) is 11.5 Å². The Morgan fingerprint density at radius 2 is 1.87 bits per heavy atom. The molecule has 0 radical (unpaired) electrons. The van der Waals surface area contributed by atoms with E-state index in [-0.39, 0.29) is 11.8 Å². The van der Waals surface area contributed by atoms with Gasteiger partial charge >= 0.3 is 6.03 Å². The highest BCUT2D eigenvalue weighted by Gasteiger charge is 2.11. The van der Waals surface area contributed by atoms with E-state index in [2.05, 4.69) is 25.2 Å². The lowest BCUT2D eigenvalue weighted by molar-refractivity contribution is 0.262. The van der Waals surface area contributed by atoms with Crippen LogP contribution in [-0.4, -0.2) is 20.6 Å². The lowest BCUT2D eigenvalue weighted by Crippen LogP contribution is -2.19. The van der Waals surface area contributed by atoms with E-state index < -0.39 is 0 Å². The Hall–Kier alpha value is -4.13. The van der Waals surface area contributed by atoms with Crippen LogP contribution in [0.3, 0.4) is 0 Å². The molecule has 148 valence electrons. The zero-order valence-corrected chi connectivity index (χ0v) is 15.9. The van der Waals surface area contributed by atoms with Crippen LogP contribution in [0.25, 0.3) is 21.9 Å². The molecule has 0 spiro atoms. The van der Waals surface area contributed by atoms with Crippen LogP contribution in [0.1, 0.15) is 5.56 Å². The molecule has 0 fully saturated rings. The summed E-state index contributed by atoms with van der Waals surface area (Å²) >= 11 is 0. The number of halogens is 1. The number of benzene rings is 2. The summed E-state index contributed by atoms with van der Waals surface area (Å²) in [5.74, 6) is -0.349. The molecule has 0 atom stereocenters. The standard InChI is InChI=1S/C23H18FN5O/c24-16-4-6-17(7-5-16)27-23(30)28-20-2-1-3-21-19(20)10-13-29(21)14-15-8-11-25-22-18(15)9-12-26-22/h1-13H,14H2,(H,25,26)(H2,27,28,30). The molecule has 30 heavy (non-hydrogen) atoms. The molecule has 3 heterocycles. The molecule has 0 bridgehead atoms. The summed E-state index contributed by atoms with van der Waals surface area (Å²) in [6.45, 7) is 0.686. The first-order chi connectivity index (χ1) is 14.7. The minimum absolute atomic E-state index is 0.349. The van der Waals surface area contributed by atoms with Crippen molar-refractivity contribution in [3.63, 3.8) is 0 Å². The number of anilines is 2. The quantitative estimate of drug-likeness (QED) is 0.381. The van der Waals surface area contributed by atoms with E-state index in [4.69, 9.17) is 0 Å². The lowest BCUT2D eigenvalue weighted by atomic mass is 10.2. The molecule has 0 saturated heterocycles. The summed E-state index contributed by atoms with van der Waals surface area (Å²) in [6.07, 6.45) is 5.69. The number of urea groups is 1. The summed E-state index contributed by atoms with van der Waals surface area (Å²) in [7, 11) is 0. The maximum atomic E-state index is 13.0. The lowest BCUT2D eigenvalue weighted by Gasteiger charge is -2.10. The molecule has 0 aliphatic rings. The van der Waals surface area contributed by atoms with Crippen molar-refractivity contribution in [3.8, 4) is 0 Å². The first kappa shape index (κ1) is 17.9. The van der Waals surface area contributed by atoms with Crippen LogP contribution in [0.15, 0.2) is 79.3 Å². The smallest absolute Gasteiger partial charge is 0.323 e. The maximum absolute atomic E-state index is 13.0. The van der Waals surface area contributed by atoms with Crippen molar-refractivity contribution >= 4 is 39.3 Å². The van der Waals surface area contributed by atoms with Gasteiger partial charge in [0.2, 0.25) is 0 Å². The van der Waals surface area contributed by atoms with Crippen LogP contribution in [0, 0.1) is 5.82 Å². The average molecular weight is 399 g/mol. The minimum atomic E-state index is -0.384. The molecule has 2 amide bonds. The second-order valence-corrected chi connectivity index (χ2v) is 6.98. The van der Waals surface area contributed by atoms with Gasteiger partial charge < -0.3 is 20.2 Å². The Bertz CT molecular complexity index is 1350. The minimum Gasteiger partial charge on any atom is -0.346 e. The molecule has 0 unspecified atom stereocenters. The Morgan fingerprint density at radius 3 is 2.73 bits per heavy atom. The van der Waals surface area contributed by atoms with Crippen molar-refractivity contribution in [1.82, 2.24) is 14.5 Å². The SMILES string of the molecule is O=C(Nc1ccc(F)cc1)Nc1cccc2c1ccn2Cc1ccnc2[nH]ccc12. The molecule has 0 saturated carbocycles. The number of nitrogens with zero attached hydrogens (tertiary/aromatic N) is 2. The average Bonchev–Trinajstić information content (AvgIpc) is 3.38. The zero-order chi connectivity index (χ0) is 20.5. The molecule has 0 aliphatic carbocycles. The van der Waals surface area contributed by atoms with Crippen molar-refractivity contribution in [2.75, 3.05) is 10.6 Å². The summed E-state index contributed by atoms with van der Waals surface area (Å²) in [5, 5.41) is 7.62. The summed E-state index contributed by atoms with van der Waals surface area (Å²) < 4.78 is 15.2. The van der Waals surface area contributed by atoms with Gasteiger partial charge in [-0.3, -0.25) is 0 Å². The van der Waals surface area contributed by atoms with Crippen molar-refractivity contribution in [1.29, 1.82) is 0 Å². The maximum Gasteiger partial charge on any atom is 0.323 e. The fourth-order valence-electron chi connectivity index (χ4n) is 3.63. The van der Waals surface area contributed by atoms with Gasteiger partial charge in [0.05, 0.1) is 11.2 Å². The molecule has 6 nitrogen and oxygen atoms in total. The molecule has 3 aromatic heterocycles. The van der Waals surface area contributed by atoms with E-state index in [9.17, 15) is 9.18 Å². The number of amides is 2. The molecule has 5 rings (SSSR count). The van der Waals surface area contributed by atoms with E-state index in [0.29, 0.717) is 17.9 Å². The molecule has 0 aliphatic heterocycles. The van der Waals surface area contributed by atoms with Crippen molar-refractivity contribution in [3.05, 3.63) is 90.6 Å². The molecule has 3 N–H and O–H groups in total. The Kier molecular flexibility index (Phi) is 4.40. The van der Waals surface area contributed by atoms with Crippen molar-refractivity contribution in [2.45, 2.75) is 6.54 Å². The number of nitrogens with one attached hydrogen (secondary N) is 3. The second kappa shape index (κ2) is 7.36. The van der Waals surface area contributed by atoms with Crippen molar-refractivity contribution in [2.24, 2.45) is 0 Å². The van der Waals surface area contributed by atoms with E-state index in [0.717, 1.165) is 27.5 Å². The van der Waals surface area contributed by atoms with Crippen LogP contribution in [0.2, 0.25) is 0 Å². The third-order valence-corrected chi connectivity index (χ3v) is 5.06. The normalized spacial score (nSPS) is 11.1. The van der Waals surface area contributed by atoms with Crippen molar-refractivity contribution < 1.29 is 9.18 Å². The first-order valence-corrected chi connectivity index (χ1v) is 9.50. The van der Waals surface area contributed by atoms with E-state index in [1.54, 1.807) is 6.20 Å². The van der Waals surface area contributed by atoms with E-state index in [1.807, 2.05) is 48.8 Å². The first-order valence-electron chi connectivity index (χ1n) is 9.50. The molecular weight excluding hydrogens is 381 g/mol. The number of pyridine rings is 1. The van der Waals surface area contributed by atoms with E-state index in [1.165, 1.54) is 24.3 Å². The van der Waals surface area contributed by atoms with Gasteiger partial charge in [-0.25, -0.2) is 14.2 Å². The number of H-pyrrole nitrogens is 1. The number of fused-ring (bicyclic) bond motifs is 2. The van der Waals surface area contributed by atoms with Gasteiger partial charge in [-0.2, -0.15) is 0 Å². The van der Waals surface area contributed by atoms with Gasteiger partial charge in [0, 0.05) is 41.6 Å². The van der Waals surface area contributed by atoms with Gasteiger partial charge in [-0.1, -0.05) is 6.07 Å². The van der Waals surface area contributed by atoms with Crippen LogP contribution in [-0.2, 0) is 6.54 Å². The predicted molar refractivity (Wildman–Crippen MR) is 116 cm³/mol. The van der Waals surface area contributed by atoms with Crippen LogP contribution in [0.4, 0.5) is 20.6 Å². The molecular formula is C23H18FN5O. The number of carbonyl (C=O) groups is 1. The molecule has 2 aromatic carbocycles. The number of rotatable bonds is 4. The highest BCUT2D eigenvalue weighted by Crippen LogP contribution is 2.26. The second-order valence-electron chi connectivity index (χ2n) is 6.98. The van der Waals surface area contributed by atoms with Gasteiger partial charge in [-0.15, -0.1) is 0 Å². The third-order valence-electron chi connectivity index (χ3n) is 5.06. The fraction of sp³-hybridized carbons (Fsp3) is 0.0435. The highest BCUT2D eigenvalue weighted by molar-refractivity contribution is 6.05.